The van der Waals surface area contributed by atoms with Gasteiger partial charge in [0.05, 0.1) is 5.75 Å². The van der Waals surface area contributed by atoms with Gasteiger partial charge in [-0.25, -0.2) is 12.7 Å². The lowest BCUT2D eigenvalue weighted by Crippen LogP contribution is -2.36. The fourth-order valence-electron chi connectivity index (χ4n) is 1.90. The summed E-state index contributed by atoms with van der Waals surface area (Å²) in [5, 5.41) is 0. The predicted molar refractivity (Wildman–Crippen MR) is 87.2 cm³/mol. The zero-order chi connectivity index (χ0) is 15.2. The van der Waals surface area contributed by atoms with Gasteiger partial charge in [0.1, 0.15) is 0 Å². The van der Waals surface area contributed by atoms with E-state index in [0.29, 0.717) is 6.54 Å². The summed E-state index contributed by atoms with van der Waals surface area (Å²) in [5.74, 6) is 0.991. The molecule has 1 unspecified atom stereocenters. The fourth-order valence-corrected chi connectivity index (χ4v) is 3.94. The first-order valence-electron chi connectivity index (χ1n) is 6.63. The Hall–Kier alpha value is -0.560. The van der Waals surface area contributed by atoms with Gasteiger partial charge in [0.2, 0.25) is 10.0 Å². The molecule has 1 aromatic rings. The van der Waals surface area contributed by atoms with Crippen molar-refractivity contribution in [3.63, 3.8) is 0 Å². The van der Waals surface area contributed by atoms with E-state index in [0.717, 1.165) is 23.3 Å². The second-order valence-corrected chi connectivity index (χ2v) is 7.94. The molecule has 0 aliphatic carbocycles. The van der Waals surface area contributed by atoms with Crippen LogP contribution in [0.4, 0.5) is 0 Å². The van der Waals surface area contributed by atoms with Gasteiger partial charge >= 0.3 is 0 Å². The minimum atomic E-state index is -3.28. The number of benzene rings is 1. The summed E-state index contributed by atoms with van der Waals surface area (Å²) < 4.78 is 26.3. The maximum atomic E-state index is 12.4. The van der Waals surface area contributed by atoms with Crippen molar-refractivity contribution in [2.24, 2.45) is 5.73 Å². The van der Waals surface area contributed by atoms with Crippen LogP contribution in [0, 0.1) is 0 Å². The van der Waals surface area contributed by atoms with Crippen LogP contribution in [0.2, 0.25) is 0 Å². The number of rotatable bonds is 8. The van der Waals surface area contributed by atoms with Crippen molar-refractivity contribution >= 4 is 21.8 Å². The standard InChI is InChI=1S/C14H24N2O2S2/c1-12(7-8-19-3)16(2)20(17,18)11-14-6-4-5-13(9-14)10-15/h4-6,9,12H,7-8,10-11,15H2,1-3H3. The molecule has 0 amide bonds. The molecule has 1 aromatic carbocycles. The summed E-state index contributed by atoms with van der Waals surface area (Å²) in [5.41, 5.74) is 7.33. The molecule has 0 bridgehead atoms. The van der Waals surface area contributed by atoms with E-state index in [9.17, 15) is 8.42 Å². The molecule has 4 nitrogen and oxygen atoms in total. The molecule has 0 heterocycles. The number of nitrogens with zero attached hydrogens (tertiary/aromatic N) is 1. The Labute approximate surface area is 126 Å². The molecule has 0 saturated carbocycles. The van der Waals surface area contributed by atoms with Gasteiger partial charge in [0, 0.05) is 19.6 Å². The van der Waals surface area contributed by atoms with Gasteiger partial charge in [-0.2, -0.15) is 11.8 Å². The molecular weight excluding hydrogens is 292 g/mol. The van der Waals surface area contributed by atoms with E-state index in [1.807, 2.05) is 37.4 Å². The molecule has 0 spiro atoms. The molecule has 0 radical (unpaired) electrons. The van der Waals surface area contributed by atoms with Crippen LogP contribution in [0.15, 0.2) is 24.3 Å². The quantitative estimate of drug-likeness (QED) is 0.797. The Kier molecular flexibility index (Phi) is 7.02. The van der Waals surface area contributed by atoms with Crippen LogP contribution in [0.25, 0.3) is 0 Å². The van der Waals surface area contributed by atoms with Gasteiger partial charge in [-0.1, -0.05) is 24.3 Å². The Morgan fingerprint density at radius 2 is 2.00 bits per heavy atom. The highest BCUT2D eigenvalue weighted by atomic mass is 32.2. The van der Waals surface area contributed by atoms with Gasteiger partial charge in [-0.3, -0.25) is 0 Å². The molecule has 2 N–H and O–H groups in total. The van der Waals surface area contributed by atoms with E-state index in [4.69, 9.17) is 5.73 Å². The van der Waals surface area contributed by atoms with Crippen LogP contribution in [0.3, 0.4) is 0 Å². The monoisotopic (exact) mass is 316 g/mol. The SMILES string of the molecule is CSCCC(C)N(C)S(=O)(=O)Cc1cccc(CN)c1. The summed E-state index contributed by atoms with van der Waals surface area (Å²) in [7, 11) is -1.62. The molecule has 1 atom stereocenters. The van der Waals surface area contributed by atoms with E-state index in [1.165, 1.54) is 4.31 Å². The van der Waals surface area contributed by atoms with Crippen LogP contribution >= 0.6 is 11.8 Å². The highest BCUT2D eigenvalue weighted by Crippen LogP contribution is 2.16. The number of thioether (sulfide) groups is 1. The molecule has 114 valence electrons. The van der Waals surface area contributed by atoms with Crippen molar-refractivity contribution in [1.82, 2.24) is 4.31 Å². The first kappa shape index (κ1) is 17.5. The van der Waals surface area contributed by atoms with E-state index < -0.39 is 10.0 Å². The molecule has 1 rings (SSSR count). The molecule has 20 heavy (non-hydrogen) atoms. The van der Waals surface area contributed by atoms with Gasteiger partial charge in [0.15, 0.2) is 0 Å². The van der Waals surface area contributed by atoms with E-state index in [-0.39, 0.29) is 11.8 Å². The van der Waals surface area contributed by atoms with Crippen molar-refractivity contribution in [2.75, 3.05) is 19.1 Å². The van der Waals surface area contributed by atoms with Gasteiger partial charge in [0.25, 0.3) is 0 Å². The maximum absolute atomic E-state index is 12.4. The molecule has 0 fully saturated rings. The number of sulfonamides is 1. The maximum Gasteiger partial charge on any atom is 0.218 e. The van der Waals surface area contributed by atoms with Crippen LogP contribution in [0.1, 0.15) is 24.5 Å². The van der Waals surface area contributed by atoms with E-state index >= 15 is 0 Å². The van der Waals surface area contributed by atoms with Crippen molar-refractivity contribution in [3.05, 3.63) is 35.4 Å². The second kappa shape index (κ2) is 8.02. The molecule has 0 aromatic heterocycles. The lowest BCUT2D eigenvalue weighted by molar-refractivity contribution is 0.382. The largest absolute Gasteiger partial charge is 0.326 e. The summed E-state index contributed by atoms with van der Waals surface area (Å²) in [6.07, 6.45) is 2.89. The second-order valence-electron chi connectivity index (χ2n) is 4.93. The summed E-state index contributed by atoms with van der Waals surface area (Å²) >= 11 is 1.73. The summed E-state index contributed by atoms with van der Waals surface area (Å²) in [6.45, 7) is 2.37. The average Bonchev–Trinajstić information content (AvgIpc) is 2.43. The van der Waals surface area contributed by atoms with E-state index in [2.05, 4.69) is 0 Å². The number of nitrogens with two attached hydrogens (primary N) is 1. The molecule has 6 heteroatoms. The van der Waals surface area contributed by atoms with Crippen molar-refractivity contribution < 1.29 is 8.42 Å². The van der Waals surface area contributed by atoms with Crippen molar-refractivity contribution in [1.29, 1.82) is 0 Å². The van der Waals surface area contributed by atoms with E-state index in [1.54, 1.807) is 18.8 Å². The minimum absolute atomic E-state index is 0.0186. The molecule has 0 saturated heterocycles. The van der Waals surface area contributed by atoms with Crippen LogP contribution in [-0.2, 0) is 22.3 Å². The Balaban J connectivity index is 2.77. The molecule has 0 aliphatic heterocycles. The normalized spacial score (nSPS) is 13.7. The Bertz CT molecular complexity index is 518. The van der Waals surface area contributed by atoms with Crippen molar-refractivity contribution in [2.45, 2.75) is 31.7 Å². The van der Waals surface area contributed by atoms with Crippen LogP contribution < -0.4 is 5.73 Å². The first-order valence-corrected chi connectivity index (χ1v) is 9.63. The van der Waals surface area contributed by atoms with Gasteiger partial charge in [-0.15, -0.1) is 0 Å². The number of hydrogen-bond donors (Lipinski definition) is 1. The summed E-state index contributed by atoms with van der Waals surface area (Å²) in [4.78, 5) is 0. The third-order valence-electron chi connectivity index (χ3n) is 3.38. The number of hydrogen-bond acceptors (Lipinski definition) is 4. The highest BCUT2D eigenvalue weighted by molar-refractivity contribution is 7.98. The Morgan fingerprint density at radius 1 is 1.35 bits per heavy atom. The van der Waals surface area contributed by atoms with Gasteiger partial charge in [-0.05, 0) is 36.5 Å². The highest BCUT2D eigenvalue weighted by Gasteiger charge is 2.23. The van der Waals surface area contributed by atoms with Crippen LogP contribution in [0.5, 0.6) is 0 Å². The minimum Gasteiger partial charge on any atom is -0.326 e. The lowest BCUT2D eigenvalue weighted by atomic mass is 10.1. The fraction of sp³-hybridized carbons (Fsp3) is 0.571. The zero-order valence-electron chi connectivity index (χ0n) is 12.4. The van der Waals surface area contributed by atoms with Crippen molar-refractivity contribution in [3.8, 4) is 0 Å². The summed E-state index contributed by atoms with van der Waals surface area (Å²) in [6, 6.07) is 7.46. The van der Waals surface area contributed by atoms with Gasteiger partial charge < -0.3 is 5.73 Å². The molecule has 0 aliphatic rings. The third kappa shape index (κ3) is 5.09. The average molecular weight is 316 g/mol. The smallest absolute Gasteiger partial charge is 0.218 e. The molecular formula is C14H24N2O2S2. The third-order valence-corrected chi connectivity index (χ3v) is 5.95. The predicted octanol–water partition coefficient (Wildman–Crippen LogP) is 2.05. The lowest BCUT2D eigenvalue weighted by Gasteiger charge is -2.24. The zero-order valence-corrected chi connectivity index (χ0v) is 14.0. The Morgan fingerprint density at radius 3 is 2.60 bits per heavy atom. The van der Waals surface area contributed by atoms with Crippen LogP contribution in [-0.4, -0.2) is 37.8 Å². The first-order chi connectivity index (χ1) is 9.40. The topological polar surface area (TPSA) is 63.4 Å².